The van der Waals surface area contributed by atoms with E-state index in [2.05, 4.69) is 13.8 Å². The highest BCUT2D eigenvalue weighted by molar-refractivity contribution is 4.57. The number of quaternary nitrogens is 1. The van der Waals surface area contributed by atoms with Crippen molar-refractivity contribution in [2.45, 2.75) is 335 Å². The Morgan fingerprint density at radius 1 is 0.194 bits per heavy atom. The quantitative estimate of drug-likeness (QED) is 0.0471. The van der Waals surface area contributed by atoms with Gasteiger partial charge >= 0.3 is 0 Å². The summed E-state index contributed by atoms with van der Waals surface area (Å²) in [6, 6.07) is 0. The molecule has 0 rings (SSSR count). The van der Waals surface area contributed by atoms with Gasteiger partial charge in [0.15, 0.2) is 0 Å². The van der Waals surface area contributed by atoms with Crippen molar-refractivity contribution < 1.29 is 31.7 Å². The predicted molar refractivity (Wildman–Crippen MR) is 276 cm³/mol. The molecule has 2 N–H and O–H groups in total. The van der Waals surface area contributed by atoms with E-state index >= 15 is 0 Å². The fourth-order valence-corrected chi connectivity index (χ4v) is 10.3. The Morgan fingerprint density at radius 3 is 0.468 bits per heavy atom. The van der Waals surface area contributed by atoms with Gasteiger partial charge in [0.05, 0.1) is 26.2 Å². The molecule has 0 aliphatic heterocycles. The largest absolute Gasteiger partial charge is 1.00 e. The van der Waals surface area contributed by atoms with Crippen molar-refractivity contribution in [3.8, 4) is 0 Å². The van der Waals surface area contributed by atoms with Crippen LogP contribution in [0.1, 0.15) is 335 Å². The van der Waals surface area contributed by atoms with E-state index in [0.717, 1.165) is 12.8 Å². The van der Waals surface area contributed by atoms with E-state index in [1.54, 1.807) is 0 Å². The third kappa shape index (κ3) is 51.3. The fourth-order valence-electron chi connectivity index (χ4n) is 10.3. The average Bonchev–Trinajstić information content (AvgIpc) is 3.27. The molecule has 0 aromatic rings. The molecule has 0 spiro atoms. The standard InChI is InChI=1S/C58H120NO2.BrH/c1-3-5-7-9-11-13-15-17-19-21-23-25-29-35-41-47-53-59(55-49-43-37-31-27-33-39-45-51-57-60,56-50-44-38-32-28-34-40-46-52-58-61)54-48-42-36-30-26-24-22-20-18-16-14-12-10-8-6-4-2;/h60-61H,3-58H2,1-2H3;1H/q+1;/p-1. The van der Waals surface area contributed by atoms with Gasteiger partial charge in [-0.3, -0.25) is 0 Å². The van der Waals surface area contributed by atoms with Gasteiger partial charge in [0.25, 0.3) is 0 Å². The molecule has 0 amide bonds. The van der Waals surface area contributed by atoms with Crippen LogP contribution in [0.5, 0.6) is 0 Å². The van der Waals surface area contributed by atoms with Crippen LogP contribution in [0.3, 0.4) is 0 Å². The number of rotatable bonds is 56. The van der Waals surface area contributed by atoms with E-state index in [-0.39, 0.29) is 17.0 Å². The monoisotopic (exact) mass is 942 g/mol. The predicted octanol–water partition coefficient (Wildman–Crippen LogP) is 16.3. The maximum Gasteiger partial charge on any atom is 0.0786 e. The molecule has 0 aromatic carbocycles. The van der Waals surface area contributed by atoms with Crippen LogP contribution < -0.4 is 17.0 Å². The summed E-state index contributed by atoms with van der Waals surface area (Å²) in [6.07, 6.45) is 70.7. The third-order valence-corrected chi connectivity index (χ3v) is 14.6. The molecule has 4 heteroatoms. The molecular weight excluding hydrogens is 823 g/mol. The average molecular weight is 944 g/mol. The minimum atomic E-state index is 0. The Kier molecular flexibility index (Phi) is 59.8. The van der Waals surface area contributed by atoms with Gasteiger partial charge in [0.2, 0.25) is 0 Å². The second-order valence-electron chi connectivity index (χ2n) is 20.7. The first-order valence-electron chi connectivity index (χ1n) is 29.3. The zero-order chi connectivity index (χ0) is 44.1. The molecule has 0 saturated heterocycles. The summed E-state index contributed by atoms with van der Waals surface area (Å²) in [7, 11) is 0. The highest BCUT2D eigenvalue weighted by Gasteiger charge is 2.25. The Balaban J connectivity index is 0. The van der Waals surface area contributed by atoms with Gasteiger partial charge in [-0.1, -0.05) is 271 Å². The van der Waals surface area contributed by atoms with Crippen LogP contribution in [0.2, 0.25) is 0 Å². The lowest BCUT2D eigenvalue weighted by Crippen LogP contribution is -3.00. The molecule has 376 valence electrons. The highest BCUT2D eigenvalue weighted by atomic mass is 79.9. The van der Waals surface area contributed by atoms with E-state index in [1.165, 1.54) is 339 Å². The van der Waals surface area contributed by atoms with E-state index in [4.69, 9.17) is 10.2 Å². The van der Waals surface area contributed by atoms with Gasteiger partial charge in [0.1, 0.15) is 0 Å². The second-order valence-corrected chi connectivity index (χ2v) is 20.7. The fraction of sp³-hybridized carbons (Fsp3) is 1.00. The maximum absolute atomic E-state index is 9.10. The number of nitrogens with zero attached hydrogens (tertiary/aromatic N) is 1. The number of aliphatic hydroxyl groups excluding tert-OH is 2. The van der Waals surface area contributed by atoms with Crippen LogP contribution in [-0.4, -0.2) is 54.1 Å². The number of hydrogen-bond acceptors (Lipinski definition) is 2. The molecule has 0 aliphatic carbocycles. The summed E-state index contributed by atoms with van der Waals surface area (Å²) in [5.74, 6) is 0. The summed E-state index contributed by atoms with van der Waals surface area (Å²) < 4.78 is 1.44. The van der Waals surface area contributed by atoms with Crippen molar-refractivity contribution in [1.29, 1.82) is 0 Å². The van der Waals surface area contributed by atoms with E-state index in [9.17, 15) is 0 Å². The van der Waals surface area contributed by atoms with Crippen LogP contribution >= 0.6 is 0 Å². The summed E-state index contributed by atoms with van der Waals surface area (Å²) >= 11 is 0. The summed E-state index contributed by atoms with van der Waals surface area (Å²) in [5.41, 5.74) is 0. The van der Waals surface area contributed by atoms with Gasteiger partial charge in [-0.05, 0) is 64.2 Å². The lowest BCUT2D eigenvalue weighted by Gasteiger charge is -2.40. The van der Waals surface area contributed by atoms with Crippen molar-refractivity contribution in [3.63, 3.8) is 0 Å². The van der Waals surface area contributed by atoms with Crippen LogP contribution in [0.25, 0.3) is 0 Å². The second kappa shape index (κ2) is 57.5. The van der Waals surface area contributed by atoms with Crippen LogP contribution in [-0.2, 0) is 0 Å². The summed E-state index contributed by atoms with van der Waals surface area (Å²) in [6.45, 7) is 11.2. The van der Waals surface area contributed by atoms with E-state index < -0.39 is 0 Å². The van der Waals surface area contributed by atoms with Gasteiger partial charge in [0, 0.05) is 13.2 Å². The lowest BCUT2D eigenvalue weighted by atomic mass is 10.0. The number of halogens is 1. The molecule has 0 heterocycles. The first kappa shape index (κ1) is 64.4. The molecule has 0 unspecified atom stereocenters. The van der Waals surface area contributed by atoms with Crippen LogP contribution in [0.4, 0.5) is 0 Å². The van der Waals surface area contributed by atoms with Gasteiger partial charge in [-0.25, -0.2) is 0 Å². The maximum atomic E-state index is 9.10. The molecule has 62 heavy (non-hydrogen) atoms. The number of hydrogen-bond donors (Lipinski definition) is 2. The van der Waals surface area contributed by atoms with Crippen molar-refractivity contribution in [1.82, 2.24) is 0 Å². The number of unbranched alkanes of at least 4 members (excludes halogenated alkanes) is 46. The molecule has 0 aliphatic rings. The molecule has 0 bridgehead atoms. The Bertz CT molecular complexity index is 702. The smallest absolute Gasteiger partial charge is 0.0786 e. The molecule has 0 saturated carbocycles. The van der Waals surface area contributed by atoms with E-state index in [0.29, 0.717) is 13.2 Å². The Hall–Kier alpha value is 0.360. The molecule has 0 fully saturated rings. The minimum absolute atomic E-state index is 0. The molecular formula is C58H120BrNO2. The normalized spacial score (nSPS) is 11.8. The summed E-state index contributed by atoms with van der Waals surface area (Å²) in [5, 5.41) is 18.2. The zero-order valence-electron chi connectivity index (χ0n) is 43.3. The Morgan fingerprint density at radius 2 is 0.323 bits per heavy atom. The van der Waals surface area contributed by atoms with Crippen LogP contribution in [0, 0.1) is 0 Å². The van der Waals surface area contributed by atoms with Gasteiger partial charge in [-0.2, -0.15) is 0 Å². The van der Waals surface area contributed by atoms with E-state index in [1.807, 2.05) is 0 Å². The minimum Gasteiger partial charge on any atom is -1.00 e. The third-order valence-electron chi connectivity index (χ3n) is 14.6. The van der Waals surface area contributed by atoms with Crippen molar-refractivity contribution in [2.24, 2.45) is 0 Å². The van der Waals surface area contributed by atoms with Gasteiger partial charge in [-0.15, -0.1) is 0 Å². The van der Waals surface area contributed by atoms with Gasteiger partial charge < -0.3 is 31.7 Å². The van der Waals surface area contributed by atoms with Crippen molar-refractivity contribution in [2.75, 3.05) is 39.4 Å². The molecule has 0 atom stereocenters. The van der Waals surface area contributed by atoms with Crippen molar-refractivity contribution in [3.05, 3.63) is 0 Å². The highest BCUT2D eigenvalue weighted by Crippen LogP contribution is 2.22. The lowest BCUT2D eigenvalue weighted by molar-refractivity contribution is -0.929. The topological polar surface area (TPSA) is 40.5 Å². The molecule has 0 aromatic heterocycles. The SMILES string of the molecule is CCCCCCCCCCCCCCCCCC[N+](CCCCCCCCCCCO)(CCCCCCCCCCCO)CCCCCCCCCCCCCCCCCC.[Br-]. The van der Waals surface area contributed by atoms with Crippen LogP contribution in [0.15, 0.2) is 0 Å². The molecule has 3 nitrogen and oxygen atoms in total. The number of aliphatic hydroxyl groups is 2. The summed E-state index contributed by atoms with van der Waals surface area (Å²) in [4.78, 5) is 0. The first-order valence-corrected chi connectivity index (χ1v) is 29.3. The zero-order valence-corrected chi connectivity index (χ0v) is 44.9. The first-order chi connectivity index (χ1) is 30.2. The van der Waals surface area contributed by atoms with Crippen molar-refractivity contribution >= 4 is 0 Å². The Labute approximate surface area is 404 Å². The molecule has 0 radical (unpaired) electrons.